The van der Waals surface area contributed by atoms with Gasteiger partial charge in [0.05, 0.1) is 0 Å². The molecule has 4 N–H and O–H groups in total. The summed E-state index contributed by atoms with van der Waals surface area (Å²) in [4.78, 5) is 36.7. The molecule has 7 nitrogen and oxygen atoms in total. The fourth-order valence-corrected chi connectivity index (χ4v) is 3.42. The molecule has 27 heavy (non-hydrogen) atoms. The van der Waals surface area contributed by atoms with Gasteiger partial charge in [-0.25, -0.2) is 9.59 Å². The quantitative estimate of drug-likeness (QED) is 0.560. The van der Waals surface area contributed by atoms with E-state index < -0.39 is 29.5 Å². The second kappa shape index (κ2) is 9.39. The van der Waals surface area contributed by atoms with Crippen molar-refractivity contribution in [2.24, 2.45) is 5.92 Å². The van der Waals surface area contributed by atoms with Crippen LogP contribution >= 0.6 is 0 Å². The Hall–Kier alpha value is -2.57. The van der Waals surface area contributed by atoms with E-state index in [0.29, 0.717) is 25.8 Å². The minimum atomic E-state index is -1.06. The van der Waals surface area contributed by atoms with Crippen LogP contribution < -0.4 is 16.0 Å². The van der Waals surface area contributed by atoms with E-state index in [1.165, 1.54) is 0 Å². The lowest BCUT2D eigenvalue weighted by molar-refractivity contribution is -0.143. The third-order valence-electron chi connectivity index (χ3n) is 4.85. The van der Waals surface area contributed by atoms with Crippen molar-refractivity contribution in [1.82, 2.24) is 16.0 Å². The predicted molar refractivity (Wildman–Crippen MR) is 102 cm³/mol. The molecule has 0 aromatic heterocycles. The molecular formula is C20H29N3O4. The fraction of sp³-hybridized carbons (Fsp3) is 0.550. The topological polar surface area (TPSA) is 108 Å². The SMILES string of the molecule is CC(C)C[C@@H](NC(=O)C1(NC(=O)NCc2ccccc2)CCCC1)C(=O)O. The number of urea groups is 1. The lowest BCUT2D eigenvalue weighted by atomic mass is 9.95. The lowest BCUT2D eigenvalue weighted by Gasteiger charge is -2.30. The zero-order valence-electron chi connectivity index (χ0n) is 16.0. The summed E-state index contributed by atoms with van der Waals surface area (Å²) in [6.45, 7) is 4.17. The van der Waals surface area contributed by atoms with Crippen molar-refractivity contribution in [2.75, 3.05) is 0 Å². The van der Waals surface area contributed by atoms with Crippen LogP contribution in [0.15, 0.2) is 30.3 Å². The Balaban J connectivity index is 1.99. The van der Waals surface area contributed by atoms with E-state index in [0.717, 1.165) is 18.4 Å². The number of carboxylic acid groups (broad SMARTS) is 1. The van der Waals surface area contributed by atoms with Crippen LogP contribution in [0, 0.1) is 5.92 Å². The Labute approximate surface area is 159 Å². The summed E-state index contributed by atoms with van der Waals surface area (Å²) in [6.07, 6.45) is 2.98. The van der Waals surface area contributed by atoms with Gasteiger partial charge in [-0.15, -0.1) is 0 Å². The molecule has 0 bridgehead atoms. The Morgan fingerprint density at radius 2 is 1.74 bits per heavy atom. The zero-order valence-corrected chi connectivity index (χ0v) is 16.0. The molecule has 2 rings (SSSR count). The van der Waals surface area contributed by atoms with Crippen molar-refractivity contribution in [3.05, 3.63) is 35.9 Å². The van der Waals surface area contributed by atoms with E-state index in [1.54, 1.807) is 0 Å². The number of carbonyl (C=O) groups excluding carboxylic acids is 2. The van der Waals surface area contributed by atoms with E-state index >= 15 is 0 Å². The maximum absolute atomic E-state index is 12.9. The number of carboxylic acids is 1. The minimum Gasteiger partial charge on any atom is -0.480 e. The number of benzene rings is 1. The Kier molecular flexibility index (Phi) is 7.21. The predicted octanol–water partition coefficient (Wildman–Crippen LogP) is 2.41. The largest absolute Gasteiger partial charge is 0.480 e. The number of rotatable bonds is 8. The summed E-state index contributed by atoms with van der Waals surface area (Å²) >= 11 is 0. The third kappa shape index (κ3) is 5.98. The van der Waals surface area contributed by atoms with Crippen LogP contribution in [0.4, 0.5) is 4.79 Å². The molecule has 0 aliphatic heterocycles. The average Bonchev–Trinajstić information content (AvgIpc) is 3.09. The molecule has 148 valence electrons. The van der Waals surface area contributed by atoms with Gasteiger partial charge in [-0.3, -0.25) is 4.79 Å². The lowest BCUT2D eigenvalue weighted by Crippen LogP contribution is -2.61. The van der Waals surface area contributed by atoms with Crippen LogP contribution in [0.2, 0.25) is 0 Å². The molecule has 1 aromatic rings. The Bertz CT molecular complexity index is 654. The van der Waals surface area contributed by atoms with Crippen molar-refractivity contribution >= 4 is 17.9 Å². The van der Waals surface area contributed by atoms with Crippen molar-refractivity contribution in [1.29, 1.82) is 0 Å². The summed E-state index contributed by atoms with van der Waals surface area (Å²) in [5, 5.41) is 17.6. The van der Waals surface area contributed by atoms with Crippen molar-refractivity contribution in [3.8, 4) is 0 Å². The van der Waals surface area contributed by atoms with E-state index in [9.17, 15) is 19.5 Å². The molecule has 1 saturated carbocycles. The van der Waals surface area contributed by atoms with Crippen molar-refractivity contribution in [2.45, 2.75) is 64.1 Å². The summed E-state index contributed by atoms with van der Waals surface area (Å²) in [7, 11) is 0. The molecule has 0 saturated heterocycles. The van der Waals surface area contributed by atoms with Gasteiger partial charge < -0.3 is 21.1 Å². The van der Waals surface area contributed by atoms with Crippen molar-refractivity contribution in [3.63, 3.8) is 0 Å². The standard InChI is InChI=1S/C20H29N3O4/c1-14(2)12-16(17(24)25)22-18(26)20(10-6-7-11-20)23-19(27)21-13-15-8-4-3-5-9-15/h3-5,8-9,14,16H,6-7,10-13H2,1-2H3,(H,22,26)(H,24,25)(H2,21,23,27)/t16-/m1/s1. The molecule has 7 heteroatoms. The molecule has 0 unspecified atom stereocenters. The third-order valence-corrected chi connectivity index (χ3v) is 4.85. The number of hydrogen-bond acceptors (Lipinski definition) is 3. The smallest absolute Gasteiger partial charge is 0.326 e. The van der Waals surface area contributed by atoms with E-state index in [-0.39, 0.29) is 5.92 Å². The maximum Gasteiger partial charge on any atom is 0.326 e. The molecule has 0 heterocycles. The molecule has 1 atom stereocenters. The van der Waals surface area contributed by atoms with E-state index in [2.05, 4.69) is 16.0 Å². The average molecular weight is 375 g/mol. The van der Waals surface area contributed by atoms with Gasteiger partial charge in [0.1, 0.15) is 11.6 Å². The highest BCUT2D eigenvalue weighted by Crippen LogP contribution is 2.30. The molecule has 0 spiro atoms. The summed E-state index contributed by atoms with van der Waals surface area (Å²) in [5.74, 6) is -1.34. The van der Waals surface area contributed by atoms with Crippen LogP contribution in [0.25, 0.3) is 0 Å². The van der Waals surface area contributed by atoms with Gasteiger partial charge in [-0.2, -0.15) is 0 Å². The van der Waals surface area contributed by atoms with Crippen LogP contribution in [-0.4, -0.2) is 34.6 Å². The fourth-order valence-electron chi connectivity index (χ4n) is 3.42. The first kappa shape index (κ1) is 20.7. The molecule has 1 aliphatic rings. The Morgan fingerprint density at radius 1 is 1.11 bits per heavy atom. The molecule has 0 radical (unpaired) electrons. The highest BCUT2D eigenvalue weighted by atomic mass is 16.4. The Morgan fingerprint density at radius 3 is 2.30 bits per heavy atom. The van der Waals surface area contributed by atoms with Gasteiger partial charge in [-0.05, 0) is 30.7 Å². The van der Waals surface area contributed by atoms with Crippen LogP contribution in [0.3, 0.4) is 0 Å². The van der Waals surface area contributed by atoms with Gasteiger partial charge in [0.2, 0.25) is 5.91 Å². The highest BCUT2D eigenvalue weighted by molar-refractivity contribution is 5.93. The first-order chi connectivity index (χ1) is 12.8. The molecular weight excluding hydrogens is 346 g/mol. The zero-order chi connectivity index (χ0) is 19.9. The van der Waals surface area contributed by atoms with Crippen LogP contribution in [0.1, 0.15) is 51.5 Å². The first-order valence-corrected chi connectivity index (χ1v) is 9.46. The maximum atomic E-state index is 12.9. The minimum absolute atomic E-state index is 0.132. The normalized spacial score (nSPS) is 16.6. The van der Waals surface area contributed by atoms with Gasteiger partial charge >= 0.3 is 12.0 Å². The van der Waals surface area contributed by atoms with E-state index in [1.807, 2.05) is 44.2 Å². The van der Waals surface area contributed by atoms with Gasteiger partial charge in [0, 0.05) is 6.54 Å². The van der Waals surface area contributed by atoms with Gasteiger partial charge in [0.15, 0.2) is 0 Å². The summed E-state index contributed by atoms with van der Waals surface area (Å²) in [6, 6.07) is 8.11. The summed E-state index contributed by atoms with van der Waals surface area (Å²) < 4.78 is 0. The molecule has 1 fully saturated rings. The second-order valence-electron chi connectivity index (χ2n) is 7.58. The first-order valence-electron chi connectivity index (χ1n) is 9.46. The van der Waals surface area contributed by atoms with Crippen LogP contribution in [-0.2, 0) is 16.1 Å². The molecule has 3 amide bonds. The van der Waals surface area contributed by atoms with Crippen molar-refractivity contribution < 1.29 is 19.5 Å². The summed E-state index contributed by atoms with van der Waals surface area (Å²) in [5.41, 5.74) is -0.0914. The van der Waals surface area contributed by atoms with Gasteiger partial charge in [-0.1, -0.05) is 57.0 Å². The highest BCUT2D eigenvalue weighted by Gasteiger charge is 2.43. The number of carbonyl (C=O) groups is 3. The molecule has 1 aliphatic carbocycles. The molecule has 1 aromatic carbocycles. The second-order valence-corrected chi connectivity index (χ2v) is 7.58. The van der Waals surface area contributed by atoms with Crippen LogP contribution in [0.5, 0.6) is 0 Å². The number of nitrogens with one attached hydrogen (secondary N) is 3. The number of hydrogen-bond donors (Lipinski definition) is 4. The van der Waals surface area contributed by atoms with Gasteiger partial charge in [0.25, 0.3) is 0 Å². The number of amides is 3. The monoisotopic (exact) mass is 375 g/mol. The number of aliphatic carboxylic acids is 1. The van der Waals surface area contributed by atoms with E-state index in [4.69, 9.17) is 0 Å².